The third-order valence-corrected chi connectivity index (χ3v) is 7.15. The van der Waals surface area contributed by atoms with Crippen molar-refractivity contribution >= 4 is 6.08 Å². The Labute approximate surface area is 217 Å². The zero-order chi connectivity index (χ0) is 24.9. The topological polar surface area (TPSA) is 28.7 Å². The van der Waals surface area contributed by atoms with Crippen molar-refractivity contribution < 1.29 is 0 Å². The molecular weight excluding hydrogens is 436 g/mol. The van der Waals surface area contributed by atoms with Gasteiger partial charge in [-0.15, -0.1) is 0 Å². The molecule has 2 heteroatoms. The van der Waals surface area contributed by atoms with E-state index < -0.39 is 5.41 Å². The SMILES string of the molecule is CCCCCCCCCCC=Cc1ccc(C(c2ccccc2)(c2ccccc2)c2ncc[nH]2)cc1. The van der Waals surface area contributed by atoms with Gasteiger partial charge in [-0.05, 0) is 35.1 Å². The molecule has 0 atom stereocenters. The van der Waals surface area contributed by atoms with Gasteiger partial charge in [0.15, 0.2) is 0 Å². The van der Waals surface area contributed by atoms with Crippen LogP contribution in [0.15, 0.2) is 103 Å². The summed E-state index contributed by atoms with van der Waals surface area (Å²) in [6.45, 7) is 2.28. The fraction of sp³-hybridized carbons (Fsp3) is 0.324. The largest absolute Gasteiger partial charge is 0.347 e. The molecule has 0 fully saturated rings. The molecule has 3 aromatic carbocycles. The highest BCUT2D eigenvalue weighted by molar-refractivity contribution is 5.59. The van der Waals surface area contributed by atoms with Gasteiger partial charge >= 0.3 is 0 Å². The Bertz CT molecular complexity index is 1100. The summed E-state index contributed by atoms with van der Waals surface area (Å²) in [5.41, 5.74) is 4.34. The molecule has 0 aliphatic rings. The van der Waals surface area contributed by atoms with E-state index in [0.29, 0.717) is 0 Å². The highest BCUT2D eigenvalue weighted by atomic mass is 14.9. The third kappa shape index (κ3) is 6.23. The molecule has 0 amide bonds. The van der Waals surface area contributed by atoms with E-state index in [9.17, 15) is 0 Å². The number of hydrogen-bond donors (Lipinski definition) is 1. The number of nitrogens with one attached hydrogen (secondary N) is 1. The predicted octanol–water partition coefficient (Wildman–Crippen LogP) is 9.34. The fourth-order valence-corrected chi connectivity index (χ4v) is 5.22. The fourth-order valence-electron chi connectivity index (χ4n) is 5.22. The molecular formula is C34H40N2. The number of aromatic nitrogens is 2. The molecule has 4 aromatic rings. The molecule has 0 aliphatic carbocycles. The van der Waals surface area contributed by atoms with Gasteiger partial charge in [-0.25, -0.2) is 4.98 Å². The zero-order valence-corrected chi connectivity index (χ0v) is 21.7. The van der Waals surface area contributed by atoms with Crippen LogP contribution >= 0.6 is 0 Å². The number of H-pyrrole nitrogens is 1. The van der Waals surface area contributed by atoms with Gasteiger partial charge in [-0.2, -0.15) is 0 Å². The van der Waals surface area contributed by atoms with E-state index >= 15 is 0 Å². The van der Waals surface area contributed by atoms with Crippen LogP contribution in [0.1, 0.15) is 92.8 Å². The second kappa shape index (κ2) is 13.6. The third-order valence-electron chi connectivity index (χ3n) is 7.15. The van der Waals surface area contributed by atoms with Crippen molar-refractivity contribution in [1.29, 1.82) is 0 Å². The average molecular weight is 477 g/mol. The van der Waals surface area contributed by atoms with Crippen molar-refractivity contribution in [3.05, 3.63) is 131 Å². The Morgan fingerprint density at radius 1 is 0.667 bits per heavy atom. The Balaban J connectivity index is 1.50. The maximum Gasteiger partial charge on any atom is 0.125 e. The zero-order valence-electron chi connectivity index (χ0n) is 21.7. The van der Waals surface area contributed by atoms with E-state index in [2.05, 4.69) is 109 Å². The summed E-state index contributed by atoms with van der Waals surface area (Å²) in [6, 6.07) is 30.4. The summed E-state index contributed by atoms with van der Waals surface area (Å²) in [6.07, 6.45) is 20.4. The van der Waals surface area contributed by atoms with Crippen LogP contribution in [0.25, 0.3) is 6.08 Å². The van der Waals surface area contributed by atoms with Gasteiger partial charge in [0.1, 0.15) is 11.2 Å². The molecule has 0 saturated heterocycles. The van der Waals surface area contributed by atoms with Crippen molar-refractivity contribution in [2.45, 2.75) is 70.1 Å². The van der Waals surface area contributed by atoms with Gasteiger partial charge in [-0.3, -0.25) is 0 Å². The summed E-state index contributed by atoms with van der Waals surface area (Å²) < 4.78 is 0. The van der Waals surface area contributed by atoms with Crippen LogP contribution < -0.4 is 0 Å². The highest BCUT2D eigenvalue weighted by Crippen LogP contribution is 2.43. The number of unbranched alkanes of at least 4 members (excludes halogenated alkanes) is 8. The summed E-state index contributed by atoms with van der Waals surface area (Å²) >= 11 is 0. The lowest BCUT2D eigenvalue weighted by Crippen LogP contribution is -2.32. The summed E-state index contributed by atoms with van der Waals surface area (Å²) in [7, 11) is 0. The standard InChI is InChI=1S/C34H40N2/c1-2-3-4-5-6-7-8-9-10-13-18-29-23-25-32(26-24-29)34(33-35-27-28-36-33,30-19-14-11-15-20-30)31-21-16-12-17-22-31/h11-28H,2-10H2,1H3,(H,35,36). The number of benzene rings is 3. The molecule has 0 radical (unpaired) electrons. The highest BCUT2D eigenvalue weighted by Gasteiger charge is 2.40. The van der Waals surface area contributed by atoms with Crippen LogP contribution in [0, 0.1) is 0 Å². The van der Waals surface area contributed by atoms with Crippen molar-refractivity contribution in [2.75, 3.05) is 0 Å². The normalized spacial score (nSPS) is 11.8. The molecule has 0 spiro atoms. The van der Waals surface area contributed by atoms with E-state index in [0.717, 1.165) is 12.2 Å². The Morgan fingerprint density at radius 2 is 1.22 bits per heavy atom. The van der Waals surface area contributed by atoms with E-state index in [-0.39, 0.29) is 0 Å². The summed E-state index contributed by atoms with van der Waals surface area (Å²) in [4.78, 5) is 8.21. The van der Waals surface area contributed by atoms with E-state index in [1.165, 1.54) is 73.6 Å². The number of nitrogens with zero attached hydrogens (tertiary/aromatic N) is 1. The molecule has 0 aliphatic heterocycles. The molecule has 186 valence electrons. The van der Waals surface area contributed by atoms with Gasteiger partial charge in [0.05, 0.1) is 0 Å². The quantitative estimate of drug-likeness (QED) is 0.142. The van der Waals surface area contributed by atoms with Gasteiger partial charge in [0.25, 0.3) is 0 Å². The Hall–Kier alpha value is -3.39. The number of hydrogen-bond acceptors (Lipinski definition) is 1. The number of rotatable bonds is 14. The van der Waals surface area contributed by atoms with Crippen LogP contribution in [-0.4, -0.2) is 9.97 Å². The molecule has 1 N–H and O–H groups in total. The molecule has 0 unspecified atom stereocenters. The number of aromatic amines is 1. The monoisotopic (exact) mass is 476 g/mol. The average Bonchev–Trinajstić information content (AvgIpc) is 3.47. The molecule has 2 nitrogen and oxygen atoms in total. The van der Waals surface area contributed by atoms with Crippen molar-refractivity contribution in [1.82, 2.24) is 9.97 Å². The lowest BCUT2D eigenvalue weighted by molar-refractivity contribution is 0.578. The van der Waals surface area contributed by atoms with Crippen molar-refractivity contribution in [2.24, 2.45) is 0 Å². The minimum absolute atomic E-state index is 0.509. The minimum Gasteiger partial charge on any atom is -0.347 e. The molecule has 36 heavy (non-hydrogen) atoms. The minimum atomic E-state index is -0.509. The van der Waals surface area contributed by atoms with Crippen LogP contribution in [0.5, 0.6) is 0 Å². The molecule has 1 aromatic heterocycles. The maximum atomic E-state index is 4.78. The molecule has 1 heterocycles. The Kier molecular flexibility index (Phi) is 9.73. The van der Waals surface area contributed by atoms with Crippen LogP contribution in [-0.2, 0) is 5.41 Å². The van der Waals surface area contributed by atoms with Crippen LogP contribution in [0.2, 0.25) is 0 Å². The second-order valence-electron chi connectivity index (χ2n) is 9.71. The Morgan fingerprint density at radius 3 is 1.78 bits per heavy atom. The predicted molar refractivity (Wildman–Crippen MR) is 153 cm³/mol. The maximum absolute atomic E-state index is 4.78. The van der Waals surface area contributed by atoms with Gasteiger partial charge in [0, 0.05) is 12.4 Å². The van der Waals surface area contributed by atoms with Crippen molar-refractivity contribution in [3.63, 3.8) is 0 Å². The number of allylic oxidation sites excluding steroid dienone is 1. The second-order valence-corrected chi connectivity index (χ2v) is 9.71. The lowest BCUT2D eigenvalue weighted by atomic mass is 9.68. The van der Waals surface area contributed by atoms with Gasteiger partial charge < -0.3 is 4.98 Å². The first-order chi connectivity index (χ1) is 17.9. The number of imidazole rings is 1. The summed E-state index contributed by atoms with van der Waals surface area (Å²) in [5.74, 6) is 0.929. The molecule has 0 saturated carbocycles. The van der Waals surface area contributed by atoms with Crippen molar-refractivity contribution in [3.8, 4) is 0 Å². The first kappa shape index (κ1) is 25.7. The van der Waals surface area contributed by atoms with E-state index in [1.54, 1.807) is 0 Å². The van der Waals surface area contributed by atoms with Crippen LogP contribution in [0.3, 0.4) is 0 Å². The summed E-state index contributed by atoms with van der Waals surface area (Å²) in [5, 5.41) is 0. The van der Waals surface area contributed by atoms with E-state index in [4.69, 9.17) is 4.98 Å². The van der Waals surface area contributed by atoms with Gasteiger partial charge in [-0.1, -0.05) is 149 Å². The molecule has 4 rings (SSSR count). The first-order valence-corrected chi connectivity index (χ1v) is 13.7. The van der Waals surface area contributed by atoms with Crippen LogP contribution in [0.4, 0.5) is 0 Å². The van der Waals surface area contributed by atoms with E-state index in [1.807, 2.05) is 12.4 Å². The smallest absolute Gasteiger partial charge is 0.125 e. The molecule has 0 bridgehead atoms. The lowest BCUT2D eigenvalue weighted by Gasteiger charge is -2.34. The first-order valence-electron chi connectivity index (χ1n) is 13.7. The van der Waals surface area contributed by atoms with Gasteiger partial charge in [0.2, 0.25) is 0 Å².